The molecule has 0 radical (unpaired) electrons. The van der Waals surface area contributed by atoms with Crippen LogP contribution in [0, 0.1) is 5.92 Å². The summed E-state index contributed by atoms with van der Waals surface area (Å²) in [6, 6.07) is 15.3. The maximum Gasteiger partial charge on any atom is 0.259 e. The number of para-hydroxylation sites is 1. The number of nitrogens with one attached hydrogen (secondary N) is 3. The summed E-state index contributed by atoms with van der Waals surface area (Å²) in [7, 11) is -2.37. The number of allylic oxidation sites excluding steroid dienone is 1. The molecule has 3 amide bonds. The first-order valence-electron chi connectivity index (χ1n) is 20.6. The predicted molar refractivity (Wildman–Crippen MR) is 228 cm³/mol. The molecule has 2 aliphatic carbocycles. The van der Waals surface area contributed by atoms with Gasteiger partial charge < -0.3 is 25.0 Å². The number of aromatic nitrogens is 2. The number of thiazole rings is 1. The van der Waals surface area contributed by atoms with Crippen LogP contribution in [-0.4, -0.2) is 83.1 Å². The van der Waals surface area contributed by atoms with Gasteiger partial charge in [-0.1, -0.05) is 57.0 Å². The lowest BCUT2D eigenvalue weighted by Crippen LogP contribution is -2.58. The molecule has 2 aliphatic heterocycles. The van der Waals surface area contributed by atoms with Crippen LogP contribution in [0.5, 0.6) is 11.5 Å². The molecule has 0 spiro atoms. The Bertz CT molecular complexity index is 2380. The number of hydrogen-bond acceptors (Lipinski definition) is 11. The molecule has 4 heterocycles. The van der Waals surface area contributed by atoms with Crippen molar-refractivity contribution in [3.8, 4) is 22.2 Å². The van der Waals surface area contributed by atoms with Crippen molar-refractivity contribution < 1.29 is 32.3 Å². The second-order valence-electron chi connectivity index (χ2n) is 16.9. The normalized spacial score (nSPS) is 26.2. The molecule has 2 saturated carbocycles. The Hall–Kier alpha value is -5.02. The Morgan fingerprint density at radius 3 is 2.58 bits per heavy atom. The molecule has 15 heteroatoms. The van der Waals surface area contributed by atoms with Crippen molar-refractivity contribution in [1.29, 1.82) is 0 Å². The number of methoxy groups -OCH3 is 1. The second-order valence-corrected chi connectivity index (χ2v) is 19.9. The predicted octanol–water partition coefficient (Wildman–Crippen LogP) is 6.71. The monoisotopic (exact) mass is 840 g/mol. The molecule has 0 unspecified atom stereocenters. The fourth-order valence-corrected chi connectivity index (χ4v) is 10.3. The fraction of sp³-hybridized carbons (Fsp3) is 0.477. The van der Waals surface area contributed by atoms with E-state index in [9.17, 15) is 22.8 Å². The summed E-state index contributed by atoms with van der Waals surface area (Å²) in [6.07, 6.45) is 8.46. The SMILES string of the molecule is COc1ccc2c(O[C@@H]3C[C@H]4C(=O)N[C@]5(C(=O)NS(=O)(=O)C6(C)CC6)C[C@@H]5/C=C\CCCCC[C@H](Nc5ccccc5)C(=O)N4C3)cc(-c3nc(C(C)C)cs3)nc2c1. The number of carbonyl (C=O) groups excluding carboxylic acids is 3. The maximum absolute atomic E-state index is 14.8. The molecule has 5 atom stereocenters. The highest BCUT2D eigenvalue weighted by atomic mass is 32.2. The molecule has 4 aromatic rings. The van der Waals surface area contributed by atoms with E-state index in [1.165, 1.54) is 11.3 Å². The zero-order valence-electron chi connectivity index (χ0n) is 33.9. The third-order valence-electron chi connectivity index (χ3n) is 12.2. The number of pyridine rings is 1. The highest BCUT2D eigenvalue weighted by Crippen LogP contribution is 2.48. The largest absolute Gasteiger partial charge is 0.497 e. The molecule has 2 aromatic heterocycles. The van der Waals surface area contributed by atoms with Crippen LogP contribution in [0.25, 0.3) is 21.6 Å². The summed E-state index contributed by atoms with van der Waals surface area (Å²) < 4.78 is 40.2. The molecule has 8 rings (SSSR count). The van der Waals surface area contributed by atoms with Gasteiger partial charge in [0.05, 0.1) is 29.6 Å². The summed E-state index contributed by atoms with van der Waals surface area (Å²) in [5.74, 6) is -0.543. The molecular formula is C44H52N6O7S2. The van der Waals surface area contributed by atoms with E-state index in [2.05, 4.69) is 29.2 Å². The van der Waals surface area contributed by atoms with Crippen LogP contribution in [0.15, 0.2) is 72.1 Å². The number of sulfonamides is 1. The van der Waals surface area contributed by atoms with Gasteiger partial charge in [-0.15, -0.1) is 11.3 Å². The molecule has 1 saturated heterocycles. The zero-order chi connectivity index (χ0) is 41.5. The van der Waals surface area contributed by atoms with Crippen molar-refractivity contribution in [2.75, 3.05) is 19.0 Å². The first-order valence-corrected chi connectivity index (χ1v) is 22.9. The summed E-state index contributed by atoms with van der Waals surface area (Å²) in [4.78, 5) is 54.9. The summed E-state index contributed by atoms with van der Waals surface area (Å²) in [5, 5.41) is 9.92. The lowest BCUT2D eigenvalue weighted by atomic mass is 10.0. The Morgan fingerprint density at radius 1 is 1.05 bits per heavy atom. The Balaban J connectivity index is 1.14. The van der Waals surface area contributed by atoms with E-state index in [1.807, 2.05) is 72.1 Å². The number of rotatable bonds is 10. The number of fused-ring (bicyclic) bond motifs is 3. The van der Waals surface area contributed by atoms with E-state index >= 15 is 0 Å². The standard InChI is InChI=1S/C44H52N6O7S2/c1-27(2)36-26-58-40(47-36)35-23-38(32-18-17-30(56-4)21-34(32)46-35)57-31-22-37-39(51)48-44(42(53)49-59(54,55)43(3)19-20-43)24-28(44)13-9-6-5-7-12-16-33(41(52)50(37)25-31)45-29-14-10-8-11-15-29/h8-11,13-15,17-18,21,23,26-28,31,33,37,45H,5-7,12,16,19-20,22,24-25H2,1-4H3,(H,48,51)(H,49,53)/b13-9-/t28-,31+,33-,37-,44+/m0/s1. The van der Waals surface area contributed by atoms with E-state index in [4.69, 9.17) is 19.4 Å². The van der Waals surface area contributed by atoms with Gasteiger partial charge >= 0.3 is 0 Å². The van der Waals surface area contributed by atoms with Crippen molar-refractivity contribution in [3.63, 3.8) is 0 Å². The molecule has 2 aromatic carbocycles. The van der Waals surface area contributed by atoms with Gasteiger partial charge in [0, 0.05) is 40.9 Å². The topological polar surface area (TPSA) is 169 Å². The van der Waals surface area contributed by atoms with Crippen LogP contribution in [0.1, 0.15) is 90.2 Å². The quantitative estimate of drug-likeness (QED) is 0.146. The molecule has 4 aliphatic rings. The maximum atomic E-state index is 14.8. The van der Waals surface area contributed by atoms with Crippen molar-refractivity contribution >= 4 is 55.7 Å². The molecular weight excluding hydrogens is 789 g/mol. The minimum absolute atomic E-state index is 0.100. The van der Waals surface area contributed by atoms with Gasteiger partial charge in [-0.2, -0.15) is 0 Å². The zero-order valence-corrected chi connectivity index (χ0v) is 35.5. The third-order valence-corrected chi connectivity index (χ3v) is 15.2. The van der Waals surface area contributed by atoms with Gasteiger partial charge in [-0.05, 0) is 75.6 Å². The van der Waals surface area contributed by atoms with E-state index in [-0.39, 0.29) is 31.2 Å². The van der Waals surface area contributed by atoms with Gasteiger partial charge in [-0.25, -0.2) is 18.4 Å². The average molecular weight is 841 g/mol. The molecule has 59 heavy (non-hydrogen) atoms. The van der Waals surface area contributed by atoms with Gasteiger partial charge in [-0.3, -0.25) is 19.1 Å². The lowest BCUT2D eigenvalue weighted by molar-refractivity contribution is -0.140. The van der Waals surface area contributed by atoms with Crippen molar-refractivity contribution in [2.24, 2.45) is 5.92 Å². The molecule has 312 valence electrons. The van der Waals surface area contributed by atoms with Crippen LogP contribution in [0.3, 0.4) is 0 Å². The van der Waals surface area contributed by atoms with Gasteiger partial charge in [0.1, 0.15) is 45.9 Å². The first-order chi connectivity index (χ1) is 28.3. The molecule has 0 bridgehead atoms. The van der Waals surface area contributed by atoms with E-state index in [0.29, 0.717) is 42.0 Å². The summed E-state index contributed by atoms with van der Waals surface area (Å²) in [5.41, 5.74) is 1.54. The number of benzene rings is 2. The number of hydrogen-bond donors (Lipinski definition) is 3. The Labute approximate surface area is 349 Å². The third kappa shape index (κ3) is 8.41. The number of amides is 3. The number of nitrogens with zero attached hydrogens (tertiary/aromatic N) is 3. The summed E-state index contributed by atoms with van der Waals surface area (Å²) in [6.45, 7) is 5.90. The van der Waals surface area contributed by atoms with Crippen LogP contribution in [0.2, 0.25) is 0 Å². The van der Waals surface area contributed by atoms with Crippen molar-refractivity contribution in [3.05, 3.63) is 77.8 Å². The smallest absolute Gasteiger partial charge is 0.259 e. The highest BCUT2D eigenvalue weighted by Gasteiger charge is 2.63. The van der Waals surface area contributed by atoms with Crippen LogP contribution in [0.4, 0.5) is 5.69 Å². The number of carbonyl (C=O) groups is 3. The second kappa shape index (κ2) is 16.2. The van der Waals surface area contributed by atoms with Crippen molar-refractivity contribution in [2.45, 2.75) is 113 Å². The van der Waals surface area contributed by atoms with Gasteiger partial charge in [0.25, 0.3) is 5.91 Å². The van der Waals surface area contributed by atoms with Gasteiger partial charge in [0.15, 0.2) is 0 Å². The lowest BCUT2D eigenvalue weighted by Gasteiger charge is -2.30. The highest BCUT2D eigenvalue weighted by molar-refractivity contribution is 7.91. The average Bonchev–Trinajstić information content (AvgIpc) is 3.99. The first kappa shape index (κ1) is 40.7. The van der Waals surface area contributed by atoms with E-state index in [1.54, 1.807) is 18.9 Å². The fourth-order valence-electron chi connectivity index (χ4n) is 8.04. The molecule has 3 fully saturated rings. The van der Waals surface area contributed by atoms with Gasteiger partial charge in [0.2, 0.25) is 21.8 Å². The summed E-state index contributed by atoms with van der Waals surface area (Å²) >= 11 is 1.50. The van der Waals surface area contributed by atoms with E-state index < -0.39 is 56.2 Å². The Kier molecular flexibility index (Phi) is 11.2. The minimum atomic E-state index is -3.97. The number of ether oxygens (including phenoxy) is 2. The number of anilines is 1. The molecule has 13 nitrogen and oxygen atoms in total. The minimum Gasteiger partial charge on any atom is -0.497 e. The van der Waals surface area contributed by atoms with Crippen LogP contribution < -0.4 is 24.8 Å². The molecule has 3 N–H and O–H groups in total. The van der Waals surface area contributed by atoms with Crippen LogP contribution in [-0.2, 0) is 24.4 Å². The Morgan fingerprint density at radius 2 is 1.85 bits per heavy atom. The van der Waals surface area contributed by atoms with Crippen LogP contribution >= 0.6 is 11.3 Å². The van der Waals surface area contributed by atoms with E-state index in [0.717, 1.165) is 47.5 Å². The van der Waals surface area contributed by atoms with Crippen molar-refractivity contribution in [1.82, 2.24) is 24.9 Å².